The molecule has 30 heavy (non-hydrogen) atoms. The van der Waals surface area contributed by atoms with Crippen LogP contribution in [0.3, 0.4) is 0 Å². The molecule has 154 valence electrons. The first-order chi connectivity index (χ1) is 14.6. The summed E-state index contributed by atoms with van der Waals surface area (Å²) in [5.41, 5.74) is 7.90. The molecule has 9 nitrogen and oxygen atoms in total. The second kappa shape index (κ2) is 8.75. The number of fused-ring (bicyclic) bond motifs is 1. The van der Waals surface area contributed by atoms with Crippen LogP contribution in [0, 0.1) is 0 Å². The number of furan rings is 1. The predicted molar refractivity (Wildman–Crippen MR) is 110 cm³/mol. The van der Waals surface area contributed by atoms with Gasteiger partial charge in [0.1, 0.15) is 23.7 Å². The van der Waals surface area contributed by atoms with Crippen LogP contribution in [0.5, 0.6) is 0 Å². The van der Waals surface area contributed by atoms with Crippen LogP contribution in [-0.4, -0.2) is 42.0 Å². The highest BCUT2D eigenvalue weighted by atomic mass is 16.4. The van der Waals surface area contributed by atoms with Crippen LogP contribution in [0.4, 0.5) is 5.82 Å². The van der Waals surface area contributed by atoms with Crippen molar-refractivity contribution in [3.05, 3.63) is 72.7 Å². The van der Waals surface area contributed by atoms with E-state index in [4.69, 9.17) is 10.2 Å². The Balaban J connectivity index is 1.48. The van der Waals surface area contributed by atoms with Gasteiger partial charge in [0, 0.05) is 19.5 Å². The number of nitrogens with two attached hydrogens (primary N) is 1. The van der Waals surface area contributed by atoms with Crippen molar-refractivity contribution in [1.29, 1.82) is 0 Å². The summed E-state index contributed by atoms with van der Waals surface area (Å²) in [5, 5.41) is 10.5. The lowest BCUT2D eigenvalue weighted by Gasteiger charge is -2.25. The molecule has 9 heteroatoms. The van der Waals surface area contributed by atoms with Crippen molar-refractivity contribution in [3.8, 4) is 0 Å². The minimum atomic E-state index is -0.908. The first-order valence-electron chi connectivity index (χ1n) is 9.56. The lowest BCUT2D eigenvalue weighted by molar-refractivity contribution is -0.133. The summed E-state index contributed by atoms with van der Waals surface area (Å²) in [5.74, 6) is 0.624. The van der Waals surface area contributed by atoms with Crippen molar-refractivity contribution >= 4 is 22.9 Å². The van der Waals surface area contributed by atoms with Crippen LogP contribution in [0.2, 0.25) is 0 Å². The molecule has 0 radical (unpaired) electrons. The third-order valence-corrected chi connectivity index (χ3v) is 4.83. The molecule has 1 amide bonds. The number of hydrogen-bond acceptors (Lipinski definition) is 7. The fraction of sp³-hybridized carbons (Fsp3) is 0.238. The highest BCUT2D eigenvalue weighted by molar-refractivity contribution is 5.81. The van der Waals surface area contributed by atoms with E-state index in [2.05, 4.69) is 15.0 Å². The molecule has 0 saturated heterocycles. The third kappa shape index (κ3) is 4.31. The molecule has 1 aromatic carbocycles. The van der Waals surface area contributed by atoms with E-state index >= 15 is 0 Å². The summed E-state index contributed by atoms with van der Waals surface area (Å²) in [6.07, 6.45) is 3.78. The third-order valence-electron chi connectivity index (χ3n) is 4.83. The van der Waals surface area contributed by atoms with E-state index in [1.165, 1.54) is 12.6 Å². The number of rotatable bonds is 8. The second-order valence-corrected chi connectivity index (χ2v) is 6.91. The Labute approximate surface area is 172 Å². The molecule has 3 heterocycles. The first kappa shape index (κ1) is 19.6. The lowest BCUT2D eigenvalue weighted by atomic mass is 10.1. The fourth-order valence-corrected chi connectivity index (χ4v) is 3.27. The number of amides is 1. The number of aliphatic hydroxyl groups is 1. The van der Waals surface area contributed by atoms with E-state index in [1.54, 1.807) is 27.9 Å². The summed E-state index contributed by atoms with van der Waals surface area (Å²) >= 11 is 0. The maximum Gasteiger partial charge on any atom is 0.224 e. The van der Waals surface area contributed by atoms with Gasteiger partial charge in [-0.2, -0.15) is 0 Å². The molecular weight excluding hydrogens is 384 g/mol. The molecule has 4 rings (SSSR count). The van der Waals surface area contributed by atoms with E-state index in [-0.39, 0.29) is 18.9 Å². The van der Waals surface area contributed by atoms with Gasteiger partial charge in [0.05, 0.1) is 19.1 Å². The molecule has 4 aromatic rings. The minimum absolute atomic E-state index is 0.103. The van der Waals surface area contributed by atoms with E-state index in [9.17, 15) is 9.90 Å². The van der Waals surface area contributed by atoms with Crippen molar-refractivity contribution in [1.82, 2.24) is 24.4 Å². The highest BCUT2D eigenvalue weighted by Crippen LogP contribution is 2.18. The summed E-state index contributed by atoms with van der Waals surface area (Å²) in [4.78, 5) is 27.0. The van der Waals surface area contributed by atoms with Crippen LogP contribution < -0.4 is 5.73 Å². The minimum Gasteiger partial charge on any atom is -0.467 e. The Kier molecular flexibility index (Phi) is 5.71. The van der Waals surface area contributed by atoms with Gasteiger partial charge in [-0.05, 0) is 17.7 Å². The number of aliphatic hydroxyl groups excluding tert-OH is 1. The van der Waals surface area contributed by atoms with Gasteiger partial charge in [-0.25, -0.2) is 15.0 Å². The molecular formula is C21H22N6O3. The molecule has 0 spiro atoms. The van der Waals surface area contributed by atoms with Crippen LogP contribution >= 0.6 is 0 Å². The van der Waals surface area contributed by atoms with Crippen molar-refractivity contribution in [3.63, 3.8) is 0 Å². The van der Waals surface area contributed by atoms with Crippen LogP contribution in [0.25, 0.3) is 11.2 Å². The number of nitrogens with zero attached hydrogens (tertiary/aromatic N) is 5. The SMILES string of the molecule is Nc1ncnc2c1ncn2CCC(=O)N(Cc1ccccc1)CC(O)c1ccco1. The number of nitrogen functional groups attached to an aromatic ring is 1. The maximum absolute atomic E-state index is 13.0. The molecule has 1 atom stereocenters. The molecule has 0 fully saturated rings. The quantitative estimate of drug-likeness (QED) is 0.459. The molecule has 1 unspecified atom stereocenters. The predicted octanol–water partition coefficient (Wildman–Crippen LogP) is 2.15. The standard InChI is InChI=1S/C21H22N6O3/c22-20-19-21(24-13-23-20)26(14-25-19)9-8-18(29)27(11-15-5-2-1-3-6-15)12-16(28)17-7-4-10-30-17/h1-7,10,13-14,16,28H,8-9,11-12H2,(H2,22,23,24). The highest BCUT2D eigenvalue weighted by Gasteiger charge is 2.21. The van der Waals surface area contributed by atoms with Crippen LogP contribution in [0.1, 0.15) is 23.8 Å². The number of aryl methyl sites for hydroxylation is 1. The number of aromatic nitrogens is 4. The van der Waals surface area contributed by atoms with Crippen molar-refractivity contribution in [2.45, 2.75) is 25.6 Å². The number of carbonyl (C=O) groups is 1. The van der Waals surface area contributed by atoms with Gasteiger partial charge in [0.2, 0.25) is 5.91 Å². The number of hydrogen-bond donors (Lipinski definition) is 2. The monoisotopic (exact) mass is 406 g/mol. The molecule has 0 saturated carbocycles. The number of benzene rings is 1. The molecule has 0 bridgehead atoms. The number of imidazole rings is 1. The van der Waals surface area contributed by atoms with E-state index < -0.39 is 6.10 Å². The zero-order valence-corrected chi connectivity index (χ0v) is 16.3. The summed E-state index contributed by atoms with van der Waals surface area (Å²) in [6, 6.07) is 13.1. The fourth-order valence-electron chi connectivity index (χ4n) is 3.27. The Hall–Kier alpha value is -3.72. The van der Waals surface area contributed by atoms with E-state index in [0.717, 1.165) is 5.56 Å². The van der Waals surface area contributed by atoms with Gasteiger partial charge in [-0.1, -0.05) is 30.3 Å². The van der Waals surface area contributed by atoms with Gasteiger partial charge < -0.3 is 24.7 Å². The molecule has 0 aliphatic heterocycles. The summed E-state index contributed by atoms with van der Waals surface area (Å²) in [7, 11) is 0. The summed E-state index contributed by atoms with van der Waals surface area (Å²) in [6.45, 7) is 0.895. The van der Waals surface area contributed by atoms with E-state index in [1.807, 2.05) is 30.3 Å². The van der Waals surface area contributed by atoms with Crippen molar-refractivity contribution in [2.75, 3.05) is 12.3 Å². The molecule has 0 aliphatic carbocycles. The Morgan fingerprint density at radius 2 is 2.00 bits per heavy atom. The largest absolute Gasteiger partial charge is 0.467 e. The lowest BCUT2D eigenvalue weighted by Crippen LogP contribution is -2.34. The molecule has 3 N–H and O–H groups in total. The number of anilines is 1. The second-order valence-electron chi connectivity index (χ2n) is 6.91. The van der Waals surface area contributed by atoms with Gasteiger partial charge >= 0.3 is 0 Å². The van der Waals surface area contributed by atoms with Crippen LogP contribution in [0.15, 0.2) is 65.8 Å². The summed E-state index contributed by atoms with van der Waals surface area (Å²) < 4.78 is 7.05. The Morgan fingerprint density at radius 1 is 1.17 bits per heavy atom. The van der Waals surface area contributed by atoms with Gasteiger partial charge in [0.25, 0.3) is 0 Å². The average Bonchev–Trinajstić information content (AvgIpc) is 3.43. The smallest absolute Gasteiger partial charge is 0.224 e. The zero-order chi connectivity index (χ0) is 20.9. The Bertz CT molecular complexity index is 1110. The van der Waals surface area contributed by atoms with Crippen molar-refractivity contribution < 1.29 is 14.3 Å². The maximum atomic E-state index is 13.0. The Morgan fingerprint density at radius 3 is 2.77 bits per heavy atom. The normalized spacial score (nSPS) is 12.2. The van der Waals surface area contributed by atoms with Gasteiger partial charge in [-0.15, -0.1) is 0 Å². The number of carbonyl (C=O) groups excluding carboxylic acids is 1. The topological polar surface area (TPSA) is 123 Å². The molecule has 0 aliphatic rings. The van der Waals surface area contributed by atoms with Gasteiger partial charge in [0.15, 0.2) is 11.5 Å². The zero-order valence-electron chi connectivity index (χ0n) is 16.3. The van der Waals surface area contributed by atoms with Gasteiger partial charge in [-0.3, -0.25) is 4.79 Å². The average molecular weight is 406 g/mol. The molecule has 3 aromatic heterocycles. The van der Waals surface area contributed by atoms with Crippen molar-refractivity contribution in [2.24, 2.45) is 0 Å². The van der Waals surface area contributed by atoms with E-state index in [0.29, 0.717) is 35.8 Å². The first-order valence-corrected chi connectivity index (χ1v) is 9.56. The van der Waals surface area contributed by atoms with Crippen LogP contribution in [-0.2, 0) is 17.9 Å².